The van der Waals surface area contributed by atoms with E-state index < -0.39 is 0 Å². The molecule has 0 spiro atoms. The van der Waals surface area contributed by atoms with Crippen LogP contribution in [0.2, 0.25) is 0 Å². The van der Waals surface area contributed by atoms with Gasteiger partial charge in [0.2, 0.25) is 0 Å². The summed E-state index contributed by atoms with van der Waals surface area (Å²) in [5, 5.41) is 12.5. The first-order chi connectivity index (χ1) is 9.54. The number of anilines is 1. The van der Waals surface area contributed by atoms with E-state index >= 15 is 0 Å². The highest BCUT2D eigenvalue weighted by atomic mass is 79.9. The lowest BCUT2D eigenvalue weighted by Gasteiger charge is -2.31. The Hall–Kier alpha value is -1.01. The predicted molar refractivity (Wildman–Crippen MR) is 87.7 cm³/mol. The number of nitriles is 1. The quantitative estimate of drug-likeness (QED) is 0.788. The number of nitrogens with zero attached hydrogens (tertiary/aromatic N) is 1. The van der Waals surface area contributed by atoms with Crippen LogP contribution in [-0.2, 0) is 0 Å². The molecule has 0 atom stereocenters. The van der Waals surface area contributed by atoms with Crippen LogP contribution in [-0.4, -0.2) is 6.54 Å². The molecule has 1 aromatic rings. The number of hydrogen-bond acceptors (Lipinski definition) is 2. The summed E-state index contributed by atoms with van der Waals surface area (Å²) < 4.78 is 0.870. The van der Waals surface area contributed by atoms with Gasteiger partial charge in [0.1, 0.15) is 6.07 Å². The summed E-state index contributed by atoms with van der Waals surface area (Å²) in [4.78, 5) is 0. The van der Waals surface area contributed by atoms with Crippen molar-refractivity contribution in [3.63, 3.8) is 0 Å². The Labute approximate surface area is 130 Å². The number of hydrogen-bond donors (Lipinski definition) is 1. The van der Waals surface area contributed by atoms with E-state index in [9.17, 15) is 0 Å². The Kier molecular flexibility index (Phi) is 5.10. The summed E-state index contributed by atoms with van der Waals surface area (Å²) in [7, 11) is 0. The second kappa shape index (κ2) is 6.63. The smallest absolute Gasteiger partial charge is 0.100 e. The highest BCUT2D eigenvalue weighted by Gasteiger charge is 2.34. The summed E-state index contributed by atoms with van der Waals surface area (Å²) in [5.41, 5.74) is 2.26. The van der Waals surface area contributed by atoms with Crippen molar-refractivity contribution in [2.24, 2.45) is 11.3 Å². The van der Waals surface area contributed by atoms with E-state index in [-0.39, 0.29) is 0 Å². The summed E-state index contributed by atoms with van der Waals surface area (Å²) in [6.07, 6.45) is 6.72. The van der Waals surface area contributed by atoms with E-state index in [2.05, 4.69) is 41.2 Å². The molecule has 1 N–H and O–H groups in total. The molecule has 1 aromatic carbocycles. The van der Waals surface area contributed by atoms with Gasteiger partial charge in [0, 0.05) is 16.7 Å². The van der Waals surface area contributed by atoms with Crippen LogP contribution < -0.4 is 5.32 Å². The van der Waals surface area contributed by atoms with Crippen molar-refractivity contribution in [1.82, 2.24) is 0 Å². The molecule has 108 valence electrons. The van der Waals surface area contributed by atoms with Crippen molar-refractivity contribution in [3.05, 3.63) is 28.2 Å². The topological polar surface area (TPSA) is 35.8 Å². The van der Waals surface area contributed by atoms with Crippen molar-refractivity contribution in [2.45, 2.75) is 46.0 Å². The maximum Gasteiger partial charge on any atom is 0.100 e. The Bertz CT molecular complexity index is 496. The summed E-state index contributed by atoms with van der Waals surface area (Å²) in [6, 6.07) is 8.06. The van der Waals surface area contributed by atoms with Gasteiger partial charge < -0.3 is 5.32 Å². The van der Waals surface area contributed by atoms with Crippen molar-refractivity contribution in [3.8, 4) is 6.07 Å². The molecule has 0 radical (unpaired) electrons. The summed E-state index contributed by atoms with van der Waals surface area (Å²) in [5.74, 6) is 0.752. The fourth-order valence-electron chi connectivity index (χ4n) is 3.45. The largest absolute Gasteiger partial charge is 0.384 e. The molecular formula is C17H23BrN2. The third kappa shape index (κ3) is 3.76. The number of rotatable bonds is 5. The number of halogens is 1. The molecular weight excluding hydrogens is 312 g/mol. The Morgan fingerprint density at radius 3 is 2.60 bits per heavy atom. The lowest BCUT2D eigenvalue weighted by molar-refractivity contribution is 0.252. The molecule has 2 nitrogen and oxygen atoms in total. The second-order valence-electron chi connectivity index (χ2n) is 6.47. The maximum absolute atomic E-state index is 8.95. The molecule has 0 aliphatic heterocycles. The Balaban J connectivity index is 2.03. The Morgan fingerprint density at radius 1 is 1.35 bits per heavy atom. The second-order valence-corrected chi connectivity index (χ2v) is 7.32. The molecule has 0 unspecified atom stereocenters. The molecule has 1 fully saturated rings. The van der Waals surface area contributed by atoms with Crippen molar-refractivity contribution in [1.29, 1.82) is 5.26 Å². The zero-order valence-corrected chi connectivity index (χ0v) is 14.0. The SMILES string of the molecule is CC(C)CC1(CNc2ccc(C#N)c(Br)c2)CCCC1. The standard InChI is InChI=1S/C17H23BrN2/c1-13(2)10-17(7-3-4-8-17)12-20-15-6-5-14(11-19)16(18)9-15/h5-6,9,13,20H,3-4,7-8,10,12H2,1-2H3. The molecule has 1 aliphatic carbocycles. The molecule has 0 heterocycles. The van der Waals surface area contributed by atoms with Gasteiger partial charge in [0.15, 0.2) is 0 Å². The third-order valence-corrected chi connectivity index (χ3v) is 4.92. The maximum atomic E-state index is 8.95. The van der Waals surface area contributed by atoms with E-state index in [0.717, 1.165) is 22.6 Å². The highest BCUT2D eigenvalue weighted by molar-refractivity contribution is 9.10. The minimum atomic E-state index is 0.467. The molecule has 3 heteroatoms. The summed E-state index contributed by atoms with van der Waals surface area (Å²) in [6.45, 7) is 5.68. The van der Waals surface area contributed by atoms with Gasteiger partial charge in [0.25, 0.3) is 0 Å². The average Bonchev–Trinajstić information content (AvgIpc) is 2.84. The molecule has 0 amide bonds. The van der Waals surface area contributed by atoms with Gasteiger partial charge in [-0.3, -0.25) is 0 Å². The fourth-order valence-corrected chi connectivity index (χ4v) is 3.92. The first-order valence-corrected chi connectivity index (χ1v) is 8.27. The molecule has 1 aliphatic rings. The van der Waals surface area contributed by atoms with Crippen LogP contribution in [0, 0.1) is 22.7 Å². The van der Waals surface area contributed by atoms with E-state index in [0.29, 0.717) is 11.0 Å². The highest BCUT2D eigenvalue weighted by Crippen LogP contribution is 2.43. The average molecular weight is 335 g/mol. The van der Waals surface area contributed by atoms with E-state index in [1.807, 2.05) is 18.2 Å². The number of benzene rings is 1. The first-order valence-electron chi connectivity index (χ1n) is 7.48. The van der Waals surface area contributed by atoms with Crippen LogP contribution >= 0.6 is 15.9 Å². The lowest BCUT2D eigenvalue weighted by Crippen LogP contribution is -2.28. The monoisotopic (exact) mass is 334 g/mol. The Morgan fingerprint density at radius 2 is 2.05 bits per heavy atom. The predicted octanol–water partition coefficient (Wildman–Crippen LogP) is 5.34. The normalized spacial score (nSPS) is 17.1. The molecule has 20 heavy (non-hydrogen) atoms. The van der Waals surface area contributed by atoms with Crippen LogP contribution in [0.3, 0.4) is 0 Å². The summed E-state index contributed by atoms with van der Waals surface area (Å²) >= 11 is 3.45. The van der Waals surface area contributed by atoms with Gasteiger partial charge >= 0.3 is 0 Å². The minimum absolute atomic E-state index is 0.467. The molecule has 0 saturated heterocycles. The molecule has 1 saturated carbocycles. The molecule has 0 aromatic heterocycles. The van der Waals surface area contributed by atoms with Crippen LogP contribution in [0.5, 0.6) is 0 Å². The lowest BCUT2D eigenvalue weighted by atomic mass is 9.78. The van der Waals surface area contributed by atoms with E-state index in [1.54, 1.807) is 0 Å². The van der Waals surface area contributed by atoms with Crippen molar-refractivity contribution < 1.29 is 0 Å². The fraction of sp³-hybridized carbons (Fsp3) is 0.588. The van der Waals surface area contributed by atoms with E-state index in [4.69, 9.17) is 5.26 Å². The third-order valence-electron chi connectivity index (χ3n) is 4.26. The van der Waals surface area contributed by atoms with Crippen LogP contribution in [0.4, 0.5) is 5.69 Å². The zero-order valence-electron chi connectivity index (χ0n) is 12.4. The van der Waals surface area contributed by atoms with Gasteiger partial charge in [0.05, 0.1) is 5.56 Å². The van der Waals surface area contributed by atoms with Gasteiger partial charge in [-0.05, 0) is 64.7 Å². The van der Waals surface area contributed by atoms with Crippen LogP contribution in [0.15, 0.2) is 22.7 Å². The van der Waals surface area contributed by atoms with Gasteiger partial charge in [-0.2, -0.15) is 5.26 Å². The molecule has 0 bridgehead atoms. The zero-order chi connectivity index (χ0) is 14.6. The van der Waals surface area contributed by atoms with Crippen LogP contribution in [0.25, 0.3) is 0 Å². The van der Waals surface area contributed by atoms with Crippen molar-refractivity contribution in [2.75, 3.05) is 11.9 Å². The van der Waals surface area contributed by atoms with Gasteiger partial charge in [-0.1, -0.05) is 26.7 Å². The molecule has 2 rings (SSSR count). The van der Waals surface area contributed by atoms with Gasteiger partial charge in [-0.25, -0.2) is 0 Å². The minimum Gasteiger partial charge on any atom is -0.384 e. The van der Waals surface area contributed by atoms with Crippen LogP contribution in [0.1, 0.15) is 51.5 Å². The number of nitrogens with one attached hydrogen (secondary N) is 1. The van der Waals surface area contributed by atoms with E-state index in [1.165, 1.54) is 32.1 Å². The van der Waals surface area contributed by atoms with Crippen molar-refractivity contribution >= 4 is 21.6 Å². The first kappa shape index (κ1) is 15.4. The van der Waals surface area contributed by atoms with Gasteiger partial charge in [-0.15, -0.1) is 0 Å².